The lowest BCUT2D eigenvalue weighted by Crippen LogP contribution is -2.58. The molecule has 0 radical (unpaired) electrons. The van der Waals surface area contributed by atoms with Gasteiger partial charge in [0.05, 0.1) is 29.8 Å². The van der Waals surface area contributed by atoms with Crippen LogP contribution in [0.4, 0.5) is 0 Å². The van der Waals surface area contributed by atoms with Crippen LogP contribution < -0.4 is 0 Å². The summed E-state index contributed by atoms with van der Waals surface area (Å²) in [5.74, 6) is 2.36. The summed E-state index contributed by atoms with van der Waals surface area (Å²) in [5.41, 5.74) is 2.84. The molecule has 0 aliphatic carbocycles. The number of piperidine rings is 4. The topological polar surface area (TPSA) is 49.8 Å². The summed E-state index contributed by atoms with van der Waals surface area (Å²) >= 11 is 0. The number of nitrogens with zero attached hydrogens (tertiary/aromatic N) is 2. The summed E-state index contributed by atoms with van der Waals surface area (Å²) in [6.07, 6.45) is 18.5. The van der Waals surface area contributed by atoms with Gasteiger partial charge in [0.25, 0.3) is 0 Å². The third-order valence-electron chi connectivity index (χ3n) is 11.1. The molecule has 5 aliphatic heterocycles. The van der Waals surface area contributed by atoms with Crippen molar-refractivity contribution in [3.63, 3.8) is 0 Å². The van der Waals surface area contributed by atoms with Crippen LogP contribution in [0.15, 0.2) is 46.0 Å². The van der Waals surface area contributed by atoms with Gasteiger partial charge in [-0.1, -0.05) is 13.8 Å². The van der Waals surface area contributed by atoms with E-state index in [2.05, 4.69) is 35.8 Å². The highest BCUT2D eigenvalue weighted by Crippen LogP contribution is 2.56. The largest absolute Gasteiger partial charge is 0.472 e. The zero-order valence-electron chi connectivity index (χ0n) is 21.9. The highest BCUT2D eigenvalue weighted by atomic mass is 32.2. The van der Waals surface area contributed by atoms with Crippen molar-refractivity contribution in [2.24, 2.45) is 17.3 Å². The van der Waals surface area contributed by atoms with Crippen molar-refractivity contribution in [2.45, 2.75) is 101 Å². The van der Waals surface area contributed by atoms with Gasteiger partial charge in [0.2, 0.25) is 0 Å². The molecule has 0 amide bonds. The Labute approximate surface area is 218 Å². The number of hydrogen-bond acceptors (Lipinski definition) is 5. The first-order valence-electron chi connectivity index (χ1n) is 14.4. The maximum atomic E-state index is 14.1. The fourth-order valence-corrected chi connectivity index (χ4v) is 11.6. The van der Waals surface area contributed by atoms with E-state index in [1.807, 2.05) is 25.1 Å². The molecule has 7 heterocycles. The molecule has 5 saturated heterocycles. The van der Waals surface area contributed by atoms with Crippen LogP contribution in [0.1, 0.15) is 94.8 Å². The average molecular weight is 511 g/mol. The van der Waals surface area contributed by atoms with Gasteiger partial charge in [0.1, 0.15) is 0 Å². The molecular formula is C30H42N2O3S. The van der Waals surface area contributed by atoms with Gasteiger partial charge in [0, 0.05) is 64.9 Å². The molecule has 7 rings (SSSR count). The lowest BCUT2D eigenvalue weighted by molar-refractivity contribution is -0.0454. The van der Waals surface area contributed by atoms with Crippen molar-refractivity contribution in [1.29, 1.82) is 0 Å². The lowest BCUT2D eigenvalue weighted by atomic mass is 9.67. The van der Waals surface area contributed by atoms with Gasteiger partial charge in [-0.25, -0.2) is 0 Å². The predicted molar refractivity (Wildman–Crippen MR) is 142 cm³/mol. The van der Waals surface area contributed by atoms with E-state index in [4.69, 9.17) is 8.83 Å². The standard InChI is InChI=1S/C30H42N2O3S/c1-21-3-5-27(23-9-13-34-15-23)31-18-29(11-7-25(21)31)17-30(36(33)20-29)12-8-26-22(2)4-6-28(32(26)19-30)24-10-14-35-16-24/h9-10,13-16,21-22,25-28H,3-8,11-12,17-20H2,1-2H3/t21-,22-,25+,26+,27+,28+,29-,30-,36-/m1/s1. The van der Waals surface area contributed by atoms with Crippen molar-refractivity contribution in [2.75, 3.05) is 18.8 Å². The van der Waals surface area contributed by atoms with Gasteiger partial charge in [-0.15, -0.1) is 0 Å². The highest BCUT2D eigenvalue weighted by molar-refractivity contribution is 7.86. The van der Waals surface area contributed by atoms with Crippen LogP contribution in [0.3, 0.4) is 0 Å². The third-order valence-corrected chi connectivity index (χ3v) is 13.4. The fraction of sp³-hybridized carbons (Fsp3) is 0.733. The molecule has 0 N–H and O–H groups in total. The van der Waals surface area contributed by atoms with Crippen LogP contribution in [0.2, 0.25) is 0 Å². The molecule has 2 aromatic heterocycles. The van der Waals surface area contributed by atoms with Crippen LogP contribution in [0.25, 0.3) is 0 Å². The molecule has 0 unspecified atom stereocenters. The average Bonchev–Trinajstić information content (AvgIpc) is 3.63. The van der Waals surface area contributed by atoms with Gasteiger partial charge in [-0.05, 0) is 87.2 Å². The summed E-state index contributed by atoms with van der Waals surface area (Å²) in [6, 6.07) is 6.46. The highest BCUT2D eigenvalue weighted by Gasteiger charge is 2.59. The second-order valence-corrected chi connectivity index (χ2v) is 15.0. The number of fused-ring (bicyclic) bond motifs is 2. The molecule has 9 atom stereocenters. The van der Waals surface area contributed by atoms with Crippen LogP contribution in [-0.4, -0.2) is 49.7 Å². The lowest BCUT2D eigenvalue weighted by Gasteiger charge is -2.55. The van der Waals surface area contributed by atoms with E-state index in [9.17, 15) is 4.21 Å². The summed E-state index contributed by atoms with van der Waals surface area (Å²) in [6.45, 7) is 6.99. The first-order valence-corrected chi connectivity index (χ1v) is 15.7. The zero-order chi connectivity index (χ0) is 24.5. The minimum atomic E-state index is -0.772. The van der Waals surface area contributed by atoms with Crippen molar-refractivity contribution in [3.05, 3.63) is 48.3 Å². The molecule has 0 bridgehead atoms. The van der Waals surface area contributed by atoms with Crippen LogP contribution in [0.5, 0.6) is 0 Å². The Morgan fingerprint density at radius 1 is 0.806 bits per heavy atom. The molecule has 5 nitrogen and oxygen atoms in total. The van der Waals surface area contributed by atoms with E-state index < -0.39 is 10.8 Å². The van der Waals surface area contributed by atoms with E-state index in [0.29, 0.717) is 24.2 Å². The van der Waals surface area contributed by atoms with E-state index in [-0.39, 0.29) is 10.2 Å². The van der Waals surface area contributed by atoms with Crippen molar-refractivity contribution in [1.82, 2.24) is 9.80 Å². The minimum Gasteiger partial charge on any atom is -0.472 e. The van der Waals surface area contributed by atoms with Gasteiger partial charge in [-0.3, -0.25) is 14.0 Å². The molecule has 196 valence electrons. The fourth-order valence-electron chi connectivity index (χ4n) is 9.26. The first kappa shape index (κ1) is 23.7. The quantitative estimate of drug-likeness (QED) is 0.473. The Bertz CT molecular complexity index is 1090. The van der Waals surface area contributed by atoms with Crippen molar-refractivity contribution >= 4 is 10.8 Å². The van der Waals surface area contributed by atoms with E-state index in [0.717, 1.165) is 43.5 Å². The molecular weight excluding hydrogens is 468 g/mol. The van der Waals surface area contributed by atoms with Crippen LogP contribution in [-0.2, 0) is 10.8 Å². The normalized spacial score (nSPS) is 45.7. The molecule has 2 aromatic rings. The second-order valence-electron chi connectivity index (χ2n) is 13.2. The predicted octanol–water partition coefficient (Wildman–Crippen LogP) is 6.32. The Kier molecular flexibility index (Phi) is 5.83. The third kappa shape index (κ3) is 3.72. The molecule has 0 saturated carbocycles. The van der Waals surface area contributed by atoms with E-state index in [1.54, 1.807) is 0 Å². The van der Waals surface area contributed by atoms with Crippen LogP contribution >= 0.6 is 0 Å². The molecule has 5 aliphatic rings. The summed E-state index contributed by atoms with van der Waals surface area (Å²) < 4.78 is 25.1. The van der Waals surface area contributed by atoms with Gasteiger partial charge >= 0.3 is 0 Å². The minimum absolute atomic E-state index is 0.0467. The smallest absolute Gasteiger partial charge is 0.0950 e. The van der Waals surface area contributed by atoms with Crippen LogP contribution in [0, 0.1) is 17.3 Å². The zero-order valence-corrected chi connectivity index (χ0v) is 22.8. The summed E-state index contributed by atoms with van der Waals surface area (Å²) in [7, 11) is -0.772. The van der Waals surface area contributed by atoms with Crippen molar-refractivity contribution < 1.29 is 13.0 Å². The molecule has 36 heavy (non-hydrogen) atoms. The Balaban J connectivity index is 1.16. The van der Waals surface area contributed by atoms with E-state index >= 15 is 0 Å². The number of furan rings is 2. The maximum Gasteiger partial charge on any atom is 0.0950 e. The van der Waals surface area contributed by atoms with E-state index in [1.165, 1.54) is 56.1 Å². The van der Waals surface area contributed by atoms with Crippen molar-refractivity contribution in [3.8, 4) is 0 Å². The second kappa shape index (κ2) is 8.84. The Hall–Kier alpha value is -1.37. The molecule has 6 heteroatoms. The van der Waals surface area contributed by atoms with Gasteiger partial charge < -0.3 is 8.83 Å². The number of hydrogen-bond donors (Lipinski definition) is 0. The Morgan fingerprint density at radius 2 is 1.39 bits per heavy atom. The summed E-state index contributed by atoms with van der Waals surface area (Å²) in [4.78, 5) is 5.59. The molecule has 0 aromatic carbocycles. The van der Waals surface area contributed by atoms with Gasteiger partial charge in [-0.2, -0.15) is 0 Å². The number of rotatable bonds is 2. The monoisotopic (exact) mass is 510 g/mol. The van der Waals surface area contributed by atoms with Gasteiger partial charge in [0.15, 0.2) is 0 Å². The maximum absolute atomic E-state index is 14.1. The summed E-state index contributed by atoms with van der Waals surface area (Å²) in [5, 5.41) is 0. The first-order chi connectivity index (χ1) is 17.5. The Morgan fingerprint density at radius 3 is 1.97 bits per heavy atom. The molecule has 5 fully saturated rings. The molecule has 2 spiro atoms. The SMILES string of the molecule is C[C@@H]1CC[C@@H](c2ccoc2)N2C[C@]3(CC[C@@H]12)C[S@@](=O)[C@]1(CC[C@H]2[C@H](C)CC[C@@H](c4ccoc4)N2C1)C3.